The Morgan fingerprint density at radius 2 is 1.02 bits per heavy atom. The van der Waals surface area contributed by atoms with Gasteiger partial charge in [-0.15, -0.1) is 0 Å². The van der Waals surface area contributed by atoms with E-state index >= 15 is 0 Å². The van der Waals surface area contributed by atoms with Gasteiger partial charge in [-0.05, 0) is 89.5 Å². The van der Waals surface area contributed by atoms with E-state index in [0.29, 0.717) is 76.2 Å². The first-order valence-electron chi connectivity index (χ1n) is 21.7. The molecule has 2 N–H and O–H groups in total. The summed E-state index contributed by atoms with van der Waals surface area (Å²) in [5, 5.41) is 21.1. The maximum Gasteiger partial charge on any atom is 0.309 e. The topological polar surface area (TPSA) is 168 Å². The third-order valence-corrected chi connectivity index (χ3v) is 12.9. The zero-order chi connectivity index (χ0) is 41.5. The van der Waals surface area contributed by atoms with E-state index in [1.54, 1.807) is 0 Å². The number of benzene rings is 2. The summed E-state index contributed by atoms with van der Waals surface area (Å²) in [5.41, 5.74) is 4.02. The fraction of sp³-hybridized carbons (Fsp3) is 0.696. The van der Waals surface area contributed by atoms with Crippen molar-refractivity contribution in [2.75, 3.05) is 59.5 Å². The lowest BCUT2D eigenvalue weighted by Crippen LogP contribution is -2.37. The first-order valence-corrected chi connectivity index (χ1v) is 21.7. The maximum absolute atomic E-state index is 13.3. The first-order chi connectivity index (χ1) is 28.3. The van der Waals surface area contributed by atoms with E-state index in [-0.39, 0.29) is 54.4 Å². The van der Waals surface area contributed by atoms with Gasteiger partial charge in [0.2, 0.25) is 0 Å². The number of fused-ring (bicyclic) bond motifs is 4. The van der Waals surface area contributed by atoms with Crippen LogP contribution in [0, 0.1) is 11.8 Å². The van der Waals surface area contributed by atoms with Gasteiger partial charge < -0.3 is 52.8 Å². The van der Waals surface area contributed by atoms with Crippen molar-refractivity contribution in [1.29, 1.82) is 0 Å². The van der Waals surface area contributed by atoms with Crippen molar-refractivity contribution in [1.82, 2.24) is 0 Å². The molecule has 6 aliphatic rings. The molecule has 0 radical (unpaired) electrons. The van der Waals surface area contributed by atoms with Crippen molar-refractivity contribution < 1.29 is 62.4 Å². The molecular weight excluding hydrogens is 760 g/mol. The minimum absolute atomic E-state index is 0.00886. The molecule has 0 bridgehead atoms. The van der Waals surface area contributed by atoms with E-state index in [0.717, 1.165) is 43.4 Å². The Morgan fingerprint density at radius 3 is 1.42 bits per heavy atom. The molecule has 4 fully saturated rings. The number of hydrogen-bond acceptors (Lipinski definition) is 13. The van der Waals surface area contributed by atoms with Crippen LogP contribution in [-0.2, 0) is 49.5 Å². The molecule has 3 heterocycles. The molecule has 0 amide bonds. The van der Waals surface area contributed by atoms with Crippen LogP contribution in [-0.4, -0.2) is 112 Å². The Kier molecular flexibility index (Phi) is 12.1. The van der Waals surface area contributed by atoms with Gasteiger partial charge in [0.25, 0.3) is 0 Å². The lowest BCUT2D eigenvalue weighted by molar-refractivity contribution is -0.166. The Labute approximate surface area is 347 Å². The maximum atomic E-state index is 13.3. The van der Waals surface area contributed by atoms with E-state index < -0.39 is 36.0 Å². The van der Waals surface area contributed by atoms with Crippen molar-refractivity contribution in [3.8, 4) is 23.0 Å². The highest BCUT2D eigenvalue weighted by Crippen LogP contribution is 2.65. The number of ether oxygens (including phenoxy) is 9. The molecular formula is C46H62O13. The monoisotopic (exact) mass is 822 g/mol. The molecule has 8 atom stereocenters. The molecule has 324 valence electrons. The van der Waals surface area contributed by atoms with Crippen molar-refractivity contribution >= 4 is 11.9 Å². The summed E-state index contributed by atoms with van der Waals surface area (Å²) in [6.07, 6.45) is 3.99. The van der Waals surface area contributed by atoms with Crippen molar-refractivity contribution in [2.45, 2.75) is 133 Å². The van der Waals surface area contributed by atoms with Crippen LogP contribution in [0.25, 0.3) is 0 Å². The molecule has 2 aromatic rings. The van der Waals surface area contributed by atoms with Crippen LogP contribution in [0.2, 0.25) is 0 Å². The van der Waals surface area contributed by atoms with Gasteiger partial charge in [0.05, 0.1) is 37.8 Å². The normalized spacial score (nSPS) is 28.8. The number of epoxide rings is 3. The molecule has 3 saturated heterocycles. The van der Waals surface area contributed by atoms with E-state index in [4.69, 9.17) is 42.6 Å². The summed E-state index contributed by atoms with van der Waals surface area (Å²) < 4.78 is 52.8. The number of aliphatic hydroxyl groups excluding tert-OH is 2. The van der Waals surface area contributed by atoms with Gasteiger partial charge >= 0.3 is 11.9 Å². The highest BCUT2D eigenvalue weighted by molar-refractivity contribution is 5.82. The first kappa shape index (κ1) is 42.1. The van der Waals surface area contributed by atoms with Crippen LogP contribution < -0.4 is 18.9 Å². The van der Waals surface area contributed by atoms with Gasteiger partial charge in [-0.2, -0.15) is 0 Å². The van der Waals surface area contributed by atoms with Gasteiger partial charge in [-0.1, -0.05) is 53.9 Å². The molecule has 1 saturated carbocycles. The molecule has 1 spiro atoms. The average Bonchev–Trinajstić information content (AvgIpc) is 4.07. The van der Waals surface area contributed by atoms with Gasteiger partial charge in [-0.25, -0.2) is 0 Å². The number of esters is 2. The Hall–Kier alpha value is -3.62. The van der Waals surface area contributed by atoms with Crippen molar-refractivity contribution in [2.24, 2.45) is 11.8 Å². The third kappa shape index (κ3) is 9.49. The highest BCUT2D eigenvalue weighted by atomic mass is 16.6. The lowest BCUT2D eigenvalue weighted by atomic mass is 9.72. The van der Waals surface area contributed by atoms with Gasteiger partial charge in [0, 0.05) is 5.41 Å². The number of aliphatic hydroxyl groups is 2. The summed E-state index contributed by atoms with van der Waals surface area (Å²) in [6, 6.07) is 8.55. The lowest BCUT2D eigenvalue weighted by Gasteiger charge is -2.31. The average molecular weight is 823 g/mol. The Bertz CT molecular complexity index is 1850. The largest absolute Gasteiger partial charge is 0.487 e. The van der Waals surface area contributed by atoms with E-state index in [1.165, 1.54) is 16.7 Å². The molecule has 13 heteroatoms. The Morgan fingerprint density at radius 1 is 0.627 bits per heavy atom. The van der Waals surface area contributed by atoms with Crippen molar-refractivity contribution in [3.63, 3.8) is 0 Å². The number of carbonyl (C=O) groups excluding carboxylic acids is 2. The quantitative estimate of drug-likeness (QED) is 0.128. The highest BCUT2D eigenvalue weighted by Gasteiger charge is 2.57. The fourth-order valence-corrected chi connectivity index (χ4v) is 9.73. The molecule has 8 unspecified atom stereocenters. The second kappa shape index (κ2) is 17.0. The molecule has 3 aliphatic heterocycles. The van der Waals surface area contributed by atoms with Crippen LogP contribution in [0.15, 0.2) is 24.3 Å². The predicted molar refractivity (Wildman–Crippen MR) is 214 cm³/mol. The van der Waals surface area contributed by atoms with Gasteiger partial charge in [0.1, 0.15) is 64.1 Å². The minimum atomic E-state index is -1.13. The van der Waals surface area contributed by atoms with Crippen LogP contribution in [0.4, 0.5) is 0 Å². The predicted octanol–water partition coefficient (Wildman–Crippen LogP) is 5.46. The minimum Gasteiger partial charge on any atom is -0.487 e. The van der Waals surface area contributed by atoms with Gasteiger partial charge in [0.15, 0.2) is 23.0 Å². The number of rotatable bonds is 20. The fourth-order valence-electron chi connectivity index (χ4n) is 9.73. The standard InChI is InChI=1S/C46H62O13/c1-6-9-27(47)16-58-42(49)32-10-7-8-11-33(32)43(50)59-18-28(48)17-54-38-12-34-36(14-40(38)56-23-30-20-52-30)46(25-44(34,2)3)26-45(4,5)35-13-39(55-22-29-19-51-29)41(15-37(35)46)57-24-31-21-53-31/h12-15,27-33,47-48H,6-11,16-26H2,1-5H3. The molecule has 59 heavy (non-hydrogen) atoms. The molecule has 2 aromatic carbocycles. The van der Waals surface area contributed by atoms with Crippen LogP contribution in [0.1, 0.15) is 108 Å². The van der Waals surface area contributed by atoms with E-state index in [2.05, 4.69) is 52.0 Å². The van der Waals surface area contributed by atoms with Crippen molar-refractivity contribution in [3.05, 3.63) is 46.5 Å². The second-order valence-corrected chi connectivity index (χ2v) is 18.9. The summed E-state index contributed by atoms with van der Waals surface area (Å²) >= 11 is 0. The zero-order valence-corrected chi connectivity index (χ0v) is 35.3. The zero-order valence-electron chi connectivity index (χ0n) is 35.3. The van der Waals surface area contributed by atoms with Crippen LogP contribution >= 0.6 is 0 Å². The van der Waals surface area contributed by atoms with E-state index in [1.807, 2.05) is 6.92 Å². The number of hydrogen-bond donors (Lipinski definition) is 2. The van der Waals surface area contributed by atoms with Crippen LogP contribution in [0.3, 0.4) is 0 Å². The smallest absolute Gasteiger partial charge is 0.309 e. The molecule has 0 aromatic heterocycles. The Balaban J connectivity index is 1.000. The summed E-state index contributed by atoms with van der Waals surface area (Å²) in [5.74, 6) is 0.159. The molecule has 13 nitrogen and oxygen atoms in total. The summed E-state index contributed by atoms with van der Waals surface area (Å²) in [4.78, 5) is 26.2. The third-order valence-electron chi connectivity index (χ3n) is 12.9. The SMILES string of the molecule is CCCC(O)COC(=O)C1CCCCC1C(=O)OCC(O)COc1cc2c(cc1OCC1CO1)C1(CC2(C)C)CC(C)(C)c2cc(OCC3CO3)c(OCC3CO3)cc21. The van der Waals surface area contributed by atoms with Crippen LogP contribution in [0.5, 0.6) is 23.0 Å². The summed E-state index contributed by atoms with van der Waals surface area (Å²) in [7, 11) is 0. The van der Waals surface area contributed by atoms with E-state index in [9.17, 15) is 19.8 Å². The molecule has 3 aliphatic carbocycles. The second-order valence-electron chi connectivity index (χ2n) is 18.9. The summed E-state index contributed by atoms with van der Waals surface area (Å²) in [6.45, 7) is 13.9. The molecule has 8 rings (SSSR count). The number of carbonyl (C=O) groups is 2. The van der Waals surface area contributed by atoms with Gasteiger partial charge in [-0.3, -0.25) is 9.59 Å².